The number of anilines is 1. The molecule has 0 radical (unpaired) electrons. The van der Waals surface area contributed by atoms with Gasteiger partial charge in [-0.2, -0.15) is 0 Å². The predicted molar refractivity (Wildman–Crippen MR) is 128 cm³/mol. The summed E-state index contributed by atoms with van der Waals surface area (Å²) in [5.74, 6) is -0.0624. The first-order chi connectivity index (χ1) is 19.4. The zero-order valence-electron chi connectivity index (χ0n) is 20.7. The van der Waals surface area contributed by atoms with Crippen LogP contribution in [-0.4, -0.2) is 126 Å². The van der Waals surface area contributed by atoms with E-state index in [1.54, 1.807) is 0 Å². The number of nitrogen functional groups attached to an aromatic ring is 1. The highest BCUT2D eigenvalue weighted by molar-refractivity contribution is 7.46. The first-order valence-electron chi connectivity index (χ1n) is 11.4. The topological polar surface area (TPSA) is 358 Å². The van der Waals surface area contributed by atoms with E-state index in [-0.39, 0.29) is 17.0 Å². The van der Waals surface area contributed by atoms with Crippen molar-refractivity contribution in [1.29, 1.82) is 0 Å². The number of phosphoric ester groups is 3. The summed E-state index contributed by atoms with van der Waals surface area (Å²) in [5.41, 5.74) is 5.84. The first-order valence-corrected chi connectivity index (χ1v) is 16.0. The predicted octanol–water partition coefficient (Wildman–Crippen LogP) is -3.80. The van der Waals surface area contributed by atoms with Gasteiger partial charge in [0.1, 0.15) is 54.6 Å². The van der Waals surface area contributed by atoms with Crippen LogP contribution in [0.5, 0.6) is 0 Å². The fraction of sp³-hybridized carbons (Fsp3) is 0.688. The van der Waals surface area contributed by atoms with Crippen LogP contribution in [0.3, 0.4) is 0 Å². The van der Waals surface area contributed by atoms with Crippen LogP contribution < -0.4 is 5.73 Å². The normalized spacial score (nSPS) is 32.9. The van der Waals surface area contributed by atoms with Gasteiger partial charge in [0.15, 0.2) is 24.0 Å². The van der Waals surface area contributed by atoms with Crippen molar-refractivity contribution in [2.75, 3.05) is 18.9 Å². The third-order valence-electron chi connectivity index (χ3n) is 5.99. The van der Waals surface area contributed by atoms with Gasteiger partial charge in [-0.3, -0.25) is 18.1 Å². The summed E-state index contributed by atoms with van der Waals surface area (Å²) in [4.78, 5) is 68.1. The average molecular weight is 669 g/mol. The molecule has 2 saturated heterocycles. The van der Waals surface area contributed by atoms with E-state index in [1.807, 2.05) is 0 Å². The van der Waals surface area contributed by atoms with Crippen molar-refractivity contribution in [2.24, 2.45) is 0 Å². The number of nitrogens with zero attached hydrogens (tertiary/aromatic N) is 4. The van der Waals surface area contributed by atoms with Crippen LogP contribution >= 0.6 is 23.5 Å². The Kier molecular flexibility index (Phi) is 9.88. The molecule has 0 spiro atoms. The van der Waals surface area contributed by atoms with Gasteiger partial charge in [0.05, 0.1) is 19.5 Å². The first kappa shape index (κ1) is 33.3. The Morgan fingerprint density at radius 3 is 1.93 bits per heavy atom. The minimum absolute atomic E-state index is 0.00554. The Bertz CT molecular complexity index is 1400. The molecule has 11 N–H and O–H groups in total. The van der Waals surface area contributed by atoms with Crippen molar-refractivity contribution in [3.63, 3.8) is 0 Å². The van der Waals surface area contributed by atoms with Gasteiger partial charge in [-0.1, -0.05) is 0 Å². The Hall–Kier alpha value is -1.56. The number of ether oxygens (including phenoxy) is 3. The second-order valence-corrected chi connectivity index (χ2v) is 12.4. The quantitative estimate of drug-likeness (QED) is 0.102. The smallest absolute Gasteiger partial charge is 0.394 e. The number of imidazole rings is 1. The molecule has 0 bridgehead atoms. The van der Waals surface area contributed by atoms with E-state index >= 15 is 0 Å². The summed E-state index contributed by atoms with van der Waals surface area (Å²) >= 11 is 0. The Morgan fingerprint density at radius 2 is 1.36 bits per heavy atom. The van der Waals surface area contributed by atoms with Gasteiger partial charge in [-0.15, -0.1) is 0 Å². The Balaban J connectivity index is 1.71. The number of nitrogens with two attached hydrogens (primary N) is 1. The summed E-state index contributed by atoms with van der Waals surface area (Å²) in [5, 5.41) is 30.6. The second-order valence-electron chi connectivity index (χ2n) is 8.83. The lowest BCUT2D eigenvalue weighted by atomic mass is 9.99. The fourth-order valence-electron chi connectivity index (χ4n) is 4.44. The molecule has 9 unspecified atom stereocenters. The van der Waals surface area contributed by atoms with Crippen molar-refractivity contribution in [2.45, 2.75) is 55.2 Å². The van der Waals surface area contributed by atoms with E-state index in [9.17, 15) is 58.4 Å². The third kappa shape index (κ3) is 7.56. The zero-order valence-corrected chi connectivity index (χ0v) is 23.4. The number of aliphatic hydroxyl groups excluding tert-OH is 3. The van der Waals surface area contributed by atoms with Crippen LogP contribution in [0.25, 0.3) is 11.2 Å². The maximum atomic E-state index is 11.9. The van der Waals surface area contributed by atoms with Gasteiger partial charge in [0.2, 0.25) is 0 Å². The maximum Gasteiger partial charge on any atom is 0.470 e. The molecule has 0 aliphatic carbocycles. The van der Waals surface area contributed by atoms with Crippen LogP contribution in [0, 0.1) is 0 Å². The number of aromatic nitrogens is 4. The van der Waals surface area contributed by atoms with Crippen LogP contribution in [-0.2, 0) is 41.5 Å². The van der Waals surface area contributed by atoms with Gasteiger partial charge in [0, 0.05) is 0 Å². The highest BCUT2D eigenvalue weighted by Crippen LogP contribution is 2.49. The molecule has 0 saturated carbocycles. The highest BCUT2D eigenvalue weighted by atomic mass is 31.2. The summed E-state index contributed by atoms with van der Waals surface area (Å²) in [6, 6.07) is 0. The van der Waals surface area contributed by atoms with Crippen molar-refractivity contribution in [1.82, 2.24) is 19.5 Å². The van der Waals surface area contributed by atoms with E-state index in [0.29, 0.717) is 0 Å². The van der Waals surface area contributed by atoms with Gasteiger partial charge in [0.25, 0.3) is 0 Å². The lowest BCUT2D eigenvalue weighted by Crippen LogP contribution is -2.61. The van der Waals surface area contributed by atoms with E-state index in [1.165, 1.54) is 0 Å². The largest absolute Gasteiger partial charge is 0.470 e. The molecular weight excluding hydrogens is 643 g/mol. The molecule has 4 heterocycles. The molecule has 4 rings (SSSR count). The summed E-state index contributed by atoms with van der Waals surface area (Å²) < 4.78 is 66.6. The highest BCUT2D eigenvalue weighted by Gasteiger charge is 2.56. The maximum absolute atomic E-state index is 11.9. The molecule has 26 heteroatoms. The second kappa shape index (κ2) is 12.4. The molecule has 2 aromatic rings. The minimum Gasteiger partial charge on any atom is -0.394 e. The average Bonchev–Trinajstić information content (AvgIpc) is 3.42. The Morgan fingerprint density at radius 1 is 0.810 bits per heavy atom. The summed E-state index contributed by atoms with van der Waals surface area (Å²) in [7, 11) is -16.3. The van der Waals surface area contributed by atoms with E-state index in [0.717, 1.165) is 17.2 Å². The van der Waals surface area contributed by atoms with Crippen LogP contribution in [0.15, 0.2) is 12.7 Å². The number of rotatable bonds is 11. The van der Waals surface area contributed by atoms with Gasteiger partial charge in [-0.25, -0.2) is 28.6 Å². The van der Waals surface area contributed by atoms with Crippen molar-refractivity contribution in [3.05, 3.63) is 12.7 Å². The fourth-order valence-corrected chi connectivity index (χ4v) is 6.12. The molecule has 238 valence electrons. The molecule has 0 aromatic carbocycles. The summed E-state index contributed by atoms with van der Waals surface area (Å²) in [6.07, 6.45) is -15.4. The molecule has 0 amide bonds. The SMILES string of the molecule is Nc1ncnc2c1ncn2C1OC(CO)C(OC2OC(CO)C(OP(=O)(O)O)C(OP(=O)(O)O)C2O)C1OP(=O)(O)O. The number of fused-ring (bicyclic) bond motifs is 1. The van der Waals surface area contributed by atoms with Crippen molar-refractivity contribution in [3.8, 4) is 0 Å². The van der Waals surface area contributed by atoms with Crippen molar-refractivity contribution >= 4 is 40.4 Å². The third-order valence-corrected chi connectivity index (χ3v) is 7.54. The van der Waals surface area contributed by atoms with E-state index < -0.39 is 91.9 Å². The standard InChI is InChI=1S/C16H26N5O18P3/c17-13-7-14(19-3-18-13)21(4-20-7)15-12(39-42(31,32)33)9(5(1-22)34-15)36-16-8(24)11(38-41(28,29)30)10(6(2-23)35-16)37-40(25,26)27/h3-6,8-12,15-16,22-24H,1-2H2,(H2,17,18,19)(H2,25,26,27)(H2,28,29,30)(H2,31,32,33). The van der Waals surface area contributed by atoms with Crippen LogP contribution in [0.2, 0.25) is 0 Å². The molecule has 42 heavy (non-hydrogen) atoms. The number of aliphatic hydroxyl groups is 3. The van der Waals surface area contributed by atoms with E-state index in [2.05, 4.69) is 24.0 Å². The van der Waals surface area contributed by atoms with Crippen LogP contribution in [0.1, 0.15) is 6.23 Å². The molecule has 9 atom stereocenters. The zero-order chi connectivity index (χ0) is 31.2. The lowest BCUT2D eigenvalue weighted by Gasteiger charge is -2.44. The van der Waals surface area contributed by atoms with Crippen molar-refractivity contribution < 1.29 is 86.2 Å². The molecule has 23 nitrogen and oxygen atoms in total. The molecular formula is C16H26N5O18P3. The summed E-state index contributed by atoms with van der Waals surface area (Å²) in [6.45, 7) is -2.03. The lowest BCUT2D eigenvalue weighted by molar-refractivity contribution is -0.313. The number of hydrogen-bond acceptors (Lipinski definition) is 16. The molecule has 2 aromatic heterocycles. The molecule has 2 fully saturated rings. The van der Waals surface area contributed by atoms with E-state index in [4.69, 9.17) is 24.5 Å². The minimum atomic E-state index is -5.51. The number of hydrogen-bond donors (Lipinski definition) is 10. The number of phosphoric acid groups is 3. The molecule has 2 aliphatic heterocycles. The Labute approximate surface area is 233 Å². The van der Waals surface area contributed by atoms with Crippen LogP contribution in [0.4, 0.5) is 5.82 Å². The monoisotopic (exact) mass is 669 g/mol. The van der Waals surface area contributed by atoms with Gasteiger partial charge < -0.3 is 64.6 Å². The van der Waals surface area contributed by atoms with Gasteiger partial charge in [-0.05, 0) is 0 Å². The molecule has 2 aliphatic rings. The van der Waals surface area contributed by atoms with Gasteiger partial charge >= 0.3 is 23.5 Å².